The van der Waals surface area contributed by atoms with Crippen LogP contribution in [0.2, 0.25) is 0 Å². The van der Waals surface area contributed by atoms with Crippen LogP contribution >= 0.6 is 0 Å². The van der Waals surface area contributed by atoms with Crippen LogP contribution in [0.25, 0.3) is 0 Å². The minimum absolute atomic E-state index is 0.0818. The zero-order valence-electron chi connectivity index (χ0n) is 10.1. The number of carbonyl (C=O) groups excluding carboxylic acids is 1. The maximum atomic E-state index is 11.7. The first-order valence-electron chi connectivity index (χ1n) is 5.76. The summed E-state index contributed by atoms with van der Waals surface area (Å²) < 4.78 is 0. The summed E-state index contributed by atoms with van der Waals surface area (Å²) in [4.78, 5) is 17.7. The molecule has 1 heterocycles. The topological polar surface area (TPSA) is 99.9 Å². The van der Waals surface area contributed by atoms with E-state index < -0.39 is 0 Å². The third kappa shape index (κ3) is 2.94. The summed E-state index contributed by atoms with van der Waals surface area (Å²) in [5, 5.41) is 8.90. The molecule has 94 valence electrons. The number of nitrogen functional groups attached to an aromatic ring is 1. The average Bonchev–Trinajstić information content (AvgIpc) is 3.07. The van der Waals surface area contributed by atoms with Gasteiger partial charge in [-0.15, -0.1) is 5.10 Å². The van der Waals surface area contributed by atoms with Gasteiger partial charge in [0.05, 0.1) is 0 Å². The number of rotatable bonds is 5. The van der Waals surface area contributed by atoms with E-state index in [1.807, 2.05) is 0 Å². The predicted octanol–water partition coefficient (Wildman–Crippen LogP) is -0.401. The van der Waals surface area contributed by atoms with E-state index in [4.69, 9.17) is 5.73 Å². The Kier molecular flexibility index (Phi) is 3.28. The van der Waals surface area contributed by atoms with E-state index in [2.05, 4.69) is 39.4 Å². The number of hydrogen-bond donors (Lipinski definition) is 3. The molecule has 1 saturated carbocycles. The number of anilines is 1. The normalized spacial score (nSPS) is 17.1. The molecular formula is C10H18N6O. The van der Waals surface area contributed by atoms with Crippen molar-refractivity contribution < 1.29 is 4.79 Å². The number of nitrogens with two attached hydrogens (primary N) is 1. The van der Waals surface area contributed by atoms with E-state index in [-0.39, 0.29) is 17.7 Å². The van der Waals surface area contributed by atoms with Crippen LogP contribution in [-0.4, -0.2) is 51.7 Å². The van der Waals surface area contributed by atoms with Crippen molar-refractivity contribution in [2.45, 2.75) is 31.8 Å². The molecule has 0 spiro atoms. The fourth-order valence-corrected chi connectivity index (χ4v) is 1.69. The molecule has 1 unspecified atom stereocenters. The van der Waals surface area contributed by atoms with Crippen molar-refractivity contribution in [2.75, 3.05) is 19.3 Å². The summed E-state index contributed by atoms with van der Waals surface area (Å²) in [5.74, 6) is -0.0349. The Morgan fingerprint density at radius 2 is 2.41 bits per heavy atom. The van der Waals surface area contributed by atoms with Crippen molar-refractivity contribution in [1.29, 1.82) is 0 Å². The van der Waals surface area contributed by atoms with Gasteiger partial charge in [-0.2, -0.15) is 4.98 Å². The first-order chi connectivity index (χ1) is 8.08. The van der Waals surface area contributed by atoms with Crippen LogP contribution in [-0.2, 0) is 0 Å². The highest BCUT2D eigenvalue weighted by Gasteiger charge is 2.29. The molecule has 0 aromatic carbocycles. The Morgan fingerprint density at radius 1 is 1.71 bits per heavy atom. The molecule has 4 N–H and O–H groups in total. The van der Waals surface area contributed by atoms with Gasteiger partial charge in [-0.3, -0.25) is 14.8 Å². The van der Waals surface area contributed by atoms with Crippen LogP contribution in [0.5, 0.6) is 0 Å². The number of H-pyrrole nitrogens is 1. The number of hydrogen-bond acceptors (Lipinski definition) is 5. The summed E-state index contributed by atoms with van der Waals surface area (Å²) in [6.07, 6.45) is 2.51. The second kappa shape index (κ2) is 4.70. The Morgan fingerprint density at radius 3 is 2.94 bits per heavy atom. The molecule has 1 aliphatic carbocycles. The lowest BCUT2D eigenvalue weighted by molar-refractivity contribution is 0.0929. The van der Waals surface area contributed by atoms with Gasteiger partial charge < -0.3 is 11.1 Å². The van der Waals surface area contributed by atoms with Crippen molar-refractivity contribution in [3.05, 3.63) is 5.82 Å². The molecule has 7 heteroatoms. The molecule has 1 aromatic rings. The number of amides is 1. The van der Waals surface area contributed by atoms with Crippen molar-refractivity contribution in [1.82, 2.24) is 25.4 Å². The van der Waals surface area contributed by atoms with E-state index in [9.17, 15) is 4.79 Å². The number of aromatic amines is 1. The molecule has 0 saturated heterocycles. The number of aromatic nitrogens is 3. The Hall–Kier alpha value is -1.63. The monoisotopic (exact) mass is 238 g/mol. The molecule has 2 rings (SSSR count). The van der Waals surface area contributed by atoms with Gasteiger partial charge in [-0.1, -0.05) is 0 Å². The van der Waals surface area contributed by atoms with Crippen molar-refractivity contribution in [3.8, 4) is 0 Å². The zero-order valence-corrected chi connectivity index (χ0v) is 10.1. The third-order valence-corrected chi connectivity index (χ3v) is 3.09. The minimum Gasteiger partial charge on any atom is -0.366 e. The van der Waals surface area contributed by atoms with E-state index in [1.54, 1.807) is 0 Å². The van der Waals surface area contributed by atoms with Crippen molar-refractivity contribution in [2.24, 2.45) is 0 Å². The van der Waals surface area contributed by atoms with Crippen LogP contribution in [0, 0.1) is 0 Å². The SMILES string of the molecule is CC(CNC(=O)c1nc(N)n[nH]1)N(C)C1CC1. The van der Waals surface area contributed by atoms with Gasteiger partial charge in [-0.25, -0.2) is 0 Å². The third-order valence-electron chi connectivity index (χ3n) is 3.09. The van der Waals surface area contributed by atoms with Gasteiger partial charge in [-0.05, 0) is 26.8 Å². The average molecular weight is 238 g/mol. The van der Waals surface area contributed by atoms with E-state index >= 15 is 0 Å². The van der Waals surface area contributed by atoms with Crippen LogP contribution in [0.3, 0.4) is 0 Å². The number of carbonyl (C=O) groups is 1. The van der Waals surface area contributed by atoms with Crippen LogP contribution in [0.4, 0.5) is 5.95 Å². The number of nitrogens with one attached hydrogen (secondary N) is 2. The Bertz CT molecular complexity index is 399. The van der Waals surface area contributed by atoms with Gasteiger partial charge in [0.15, 0.2) is 0 Å². The second-order valence-corrected chi connectivity index (χ2v) is 4.50. The van der Waals surface area contributed by atoms with Crippen LogP contribution in [0.1, 0.15) is 30.4 Å². The van der Waals surface area contributed by atoms with Gasteiger partial charge in [0.25, 0.3) is 5.91 Å². The minimum atomic E-state index is -0.273. The van der Waals surface area contributed by atoms with Crippen LogP contribution < -0.4 is 11.1 Å². The lowest BCUT2D eigenvalue weighted by Gasteiger charge is -2.24. The smallest absolute Gasteiger partial charge is 0.288 e. The highest BCUT2D eigenvalue weighted by atomic mass is 16.2. The standard InChI is InChI=1S/C10H18N6O/c1-6(16(2)7-3-4-7)5-12-9(17)8-13-10(11)15-14-8/h6-7H,3-5H2,1-2H3,(H,12,17)(H3,11,13,14,15). The van der Waals surface area contributed by atoms with Gasteiger partial charge in [0.2, 0.25) is 11.8 Å². The Balaban J connectivity index is 1.79. The zero-order chi connectivity index (χ0) is 12.4. The van der Waals surface area contributed by atoms with Gasteiger partial charge in [0.1, 0.15) is 0 Å². The molecule has 1 amide bonds. The van der Waals surface area contributed by atoms with Crippen molar-refractivity contribution in [3.63, 3.8) is 0 Å². The molecule has 1 aliphatic rings. The largest absolute Gasteiger partial charge is 0.366 e. The van der Waals surface area contributed by atoms with Crippen molar-refractivity contribution >= 4 is 11.9 Å². The summed E-state index contributed by atoms with van der Waals surface area (Å²) >= 11 is 0. The highest BCUT2D eigenvalue weighted by molar-refractivity contribution is 5.90. The lowest BCUT2D eigenvalue weighted by atomic mass is 10.3. The molecule has 0 radical (unpaired) electrons. The molecule has 1 atom stereocenters. The van der Waals surface area contributed by atoms with E-state index in [1.165, 1.54) is 12.8 Å². The highest BCUT2D eigenvalue weighted by Crippen LogP contribution is 2.26. The maximum absolute atomic E-state index is 11.7. The summed E-state index contributed by atoms with van der Waals surface area (Å²) in [6.45, 7) is 2.68. The maximum Gasteiger partial charge on any atom is 0.288 e. The quantitative estimate of drug-likeness (QED) is 0.648. The molecule has 7 nitrogen and oxygen atoms in total. The van der Waals surface area contributed by atoms with Crippen LogP contribution in [0.15, 0.2) is 0 Å². The number of likely N-dealkylation sites (N-methyl/N-ethyl adjacent to an activating group) is 1. The summed E-state index contributed by atoms with van der Waals surface area (Å²) in [6, 6.07) is 0.995. The summed E-state index contributed by atoms with van der Waals surface area (Å²) in [5.41, 5.74) is 5.33. The first-order valence-corrected chi connectivity index (χ1v) is 5.76. The molecular weight excluding hydrogens is 220 g/mol. The molecule has 1 aromatic heterocycles. The van der Waals surface area contributed by atoms with E-state index in [0.29, 0.717) is 18.6 Å². The Labute approximate surface area is 99.8 Å². The second-order valence-electron chi connectivity index (χ2n) is 4.50. The van der Waals surface area contributed by atoms with Gasteiger partial charge in [0, 0.05) is 18.6 Å². The predicted molar refractivity (Wildman–Crippen MR) is 63.4 cm³/mol. The number of nitrogens with zero attached hydrogens (tertiary/aromatic N) is 3. The molecule has 17 heavy (non-hydrogen) atoms. The first kappa shape index (κ1) is 11.8. The molecule has 0 aliphatic heterocycles. The molecule has 1 fully saturated rings. The van der Waals surface area contributed by atoms with E-state index in [0.717, 1.165) is 0 Å². The fourth-order valence-electron chi connectivity index (χ4n) is 1.69. The fraction of sp³-hybridized carbons (Fsp3) is 0.700. The van der Waals surface area contributed by atoms with Gasteiger partial charge >= 0.3 is 0 Å². The lowest BCUT2D eigenvalue weighted by Crippen LogP contribution is -2.41. The molecule has 0 bridgehead atoms. The summed E-state index contributed by atoms with van der Waals surface area (Å²) in [7, 11) is 2.08.